The molecule has 5 nitrogen and oxygen atoms in total. The zero-order chi connectivity index (χ0) is 15.6. The third-order valence-corrected chi connectivity index (χ3v) is 3.55. The first-order chi connectivity index (χ1) is 9.92. The normalized spacial score (nSPS) is 13.9. The number of fused-ring (bicyclic) bond motifs is 1. The number of H-pyrrole nitrogens is 1. The van der Waals surface area contributed by atoms with Crippen LogP contribution < -0.4 is 10.9 Å². The molecule has 0 fully saturated rings. The SMILES string of the molecule is CC(CO)C(C)NC(=O)c1cc(=O)[nH]c2cc(F)ccc12. The summed E-state index contributed by atoms with van der Waals surface area (Å²) in [6.45, 7) is 3.52. The lowest BCUT2D eigenvalue weighted by Crippen LogP contribution is -2.38. The highest BCUT2D eigenvalue weighted by atomic mass is 19.1. The molecule has 0 radical (unpaired) electrons. The van der Waals surface area contributed by atoms with E-state index in [4.69, 9.17) is 5.11 Å². The van der Waals surface area contributed by atoms with Crippen molar-refractivity contribution in [3.63, 3.8) is 0 Å². The molecule has 0 aliphatic carbocycles. The second kappa shape index (κ2) is 6.05. The summed E-state index contributed by atoms with van der Waals surface area (Å²) < 4.78 is 13.2. The number of aliphatic hydroxyl groups excluding tert-OH is 1. The van der Waals surface area contributed by atoms with Crippen LogP contribution in [0.1, 0.15) is 24.2 Å². The first-order valence-corrected chi connectivity index (χ1v) is 6.66. The van der Waals surface area contributed by atoms with Crippen molar-refractivity contribution in [1.82, 2.24) is 10.3 Å². The van der Waals surface area contributed by atoms with Gasteiger partial charge < -0.3 is 15.4 Å². The number of amides is 1. The van der Waals surface area contributed by atoms with Gasteiger partial charge in [0.15, 0.2) is 0 Å². The number of rotatable bonds is 4. The van der Waals surface area contributed by atoms with Crippen LogP contribution in [0.3, 0.4) is 0 Å². The van der Waals surface area contributed by atoms with E-state index in [0.717, 1.165) is 0 Å². The maximum Gasteiger partial charge on any atom is 0.252 e. The van der Waals surface area contributed by atoms with Crippen LogP contribution in [0.5, 0.6) is 0 Å². The van der Waals surface area contributed by atoms with Gasteiger partial charge in [0, 0.05) is 24.1 Å². The fraction of sp³-hybridized carbons (Fsp3) is 0.333. The predicted molar refractivity (Wildman–Crippen MR) is 77.7 cm³/mol. The van der Waals surface area contributed by atoms with Gasteiger partial charge in [-0.3, -0.25) is 9.59 Å². The molecule has 0 aliphatic rings. The van der Waals surface area contributed by atoms with E-state index < -0.39 is 17.3 Å². The fourth-order valence-corrected chi connectivity index (χ4v) is 2.01. The standard InChI is InChI=1S/C15H17FN2O3/c1-8(7-19)9(2)17-15(21)12-6-14(20)18-13-5-10(16)3-4-11(12)13/h3-6,8-9,19H,7H2,1-2H3,(H,17,21)(H,18,20). The fourth-order valence-electron chi connectivity index (χ4n) is 2.01. The van der Waals surface area contributed by atoms with Crippen LogP contribution in [0, 0.1) is 11.7 Å². The molecule has 0 saturated carbocycles. The molecule has 1 amide bonds. The lowest BCUT2D eigenvalue weighted by Gasteiger charge is -2.19. The van der Waals surface area contributed by atoms with Gasteiger partial charge in [-0.15, -0.1) is 0 Å². The van der Waals surface area contributed by atoms with Crippen molar-refractivity contribution in [2.24, 2.45) is 5.92 Å². The zero-order valence-corrected chi connectivity index (χ0v) is 11.8. The quantitative estimate of drug-likeness (QED) is 0.797. The highest BCUT2D eigenvalue weighted by Crippen LogP contribution is 2.16. The first-order valence-electron chi connectivity index (χ1n) is 6.66. The van der Waals surface area contributed by atoms with E-state index in [1.807, 2.05) is 0 Å². The minimum absolute atomic E-state index is 0.0528. The van der Waals surface area contributed by atoms with Crippen molar-refractivity contribution in [3.05, 3.63) is 46.0 Å². The largest absolute Gasteiger partial charge is 0.396 e. The maximum atomic E-state index is 13.2. The summed E-state index contributed by atoms with van der Waals surface area (Å²) in [4.78, 5) is 26.4. The Morgan fingerprint density at radius 3 is 2.76 bits per heavy atom. The molecule has 2 aromatic rings. The summed E-state index contributed by atoms with van der Waals surface area (Å²) in [6, 6.07) is 4.80. The average molecular weight is 292 g/mol. The molecule has 1 aromatic carbocycles. The zero-order valence-electron chi connectivity index (χ0n) is 11.8. The van der Waals surface area contributed by atoms with Crippen molar-refractivity contribution in [3.8, 4) is 0 Å². The molecule has 21 heavy (non-hydrogen) atoms. The van der Waals surface area contributed by atoms with Crippen molar-refractivity contribution < 1.29 is 14.3 Å². The number of hydrogen-bond donors (Lipinski definition) is 3. The van der Waals surface area contributed by atoms with E-state index in [-0.39, 0.29) is 29.6 Å². The molecule has 1 aromatic heterocycles. The Kier molecular flexibility index (Phi) is 4.37. The molecule has 0 saturated heterocycles. The third kappa shape index (κ3) is 3.28. The number of hydrogen-bond acceptors (Lipinski definition) is 3. The summed E-state index contributed by atoms with van der Waals surface area (Å²) in [5, 5.41) is 12.3. The van der Waals surface area contributed by atoms with Gasteiger partial charge in [0.1, 0.15) is 5.82 Å². The molecule has 1 heterocycles. The number of carbonyl (C=O) groups excluding carboxylic acids is 1. The number of halogens is 1. The second-order valence-electron chi connectivity index (χ2n) is 5.16. The van der Waals surface area contributed by atoms with Crippen molar-refractivity contribution >= 4 is 16.8 Å². The molecular weight excluding hydrogens is 275 g/mol. The monoisotopic (exact) mass is 292 g/mol. The summed E-state index contributed by atoms with van der Waals surface area (Å²) >= 11 is 0. The van der Waals surface area contributed by atoms with Crippen LogP contribution in [-0.4, -0.2) is 28.6 Å². The van der Waals surface area contributed by atoms with Gasteiger partial charge in [-0.1, -0.05) is 6.92 Å². The summed E-state index contributed by atoms with van der Waals surface area (Å²) in [5.41, 5.74) is -0.0117. The highest BCUT2D eigenvalue weighted by Gasteiger charge is 2.17. The van der Waals surface area contributed by atoms with Crippen molar-refractivity contribution in [2.45, 2.75) is 19.9 Å². The lowest BCUT2D eigenvalue weighted by atomic mass is 10.0. The van der Waals surface area contributed by atoms with E-state index in [9.17, 15) is 14.0 Å². The third-order valence-electron chi connectivity index (χ3n) is 3.55. The smallest absolute Gasteiger partial charge is 0.252 e. The molecule has 0 spiro atoms. The Balaban J connectivity index is 2.41. The topological polar surface area (TPSA) is 82.2 Å². The molecule has 2 atom stereocenters. The predicted octanol–water partition coefficient (Wildman–Crippen LogP) is 1.41. The first kappa shape index (κ1) is 15.2. The number of nitrogens with one attached hydrogen (secondary N) is 2. The van der Waals surface area contributed by atoms with Gasteiger partial charge in [-0.2, -0.15) is 0 Å². The van der Waals surface area contributed by atoms with Gasteiger partial charge in [-0.05, 0) is 31.0 Å². The van der Waals surface area contributed by atoms with Crippen LogP contribution in [0.4, 0.5) is 4.39 Å². The lowest BCUT2D eigenvalue weighted by molar-refractivity contribution is 0.0918. The Morgan fingerprint density at radius 1 is 1.38 bits per heavy atom. The van der Waals surface area contributed by atoms with Gasteiger partial charge in [-0.25, -0.2) is 4.39 Å². The van der Waals surface area contributed by atoms with Crippen LogP contribution in [0.15, 0.2) is 29.1 Å². The number of carbonyl (C=O) groups is 1. The number of pyridine rings is 1. The van der Waals surface area contributed by atoms with Gasteiger partial charge in [0.25, 0.3) is 5.91 Å². The van der Waals surface area contributed by atoms with Crippen LogP contribution in [-0.2, 0) is 0 Å². The summed E-state index contributed by atoms with van der Waals surface area (Å²) in [7, 11) is 0. The van der Waals surface area contributed by atoms with Crippen LogP contribution in [0.25, 0.3) is 10.9 Å². The molecule has 6 heteroatoms. The average Bonchev–Trinajstić information content (AvgIpc) is 2.44. The molecule has 0 aliphatic heterocycles. The maximum absolute atomic E-state index is 13.2. The molecule has 3 N–H and O–H groups in total. The molecule has 2 unspecified atom stereocenters. The van der Waals surface area contributed by atoms with Gasteiger partial charge >= 0.3 is 0 Å². The van der Waals surface area contributed by atoms with Gasteiger partial charge in [0.05, 0.1) is 11.1 Å². The van der Waals surface area contributed by atoms with E-state index in [2.05, 4.69) is 10.3 Å². The number of aliphatic hydroxyl groups is 1. The Morgan fingerprint density at radius 2 is 2.10 bits per heavy atom. The van der Waals surface area contributed by atoms with Gasteiger partial charge in [0.2, 0.25) is 5.56 Å². The summed E-state index contributed by atoms with van der Waals surface area (Å²) in [5.74, 6) is -1.02. The minimum atomic E-state index is -0.488. The summed E-state index contributed by atoms with van der Waals surface area (Å²) in [6.07, 6.45) is 0. The van der Waals surface area contributed by atoms with Crippen LogP contribution >= 0.6 is 0 Å². The Hall–Kier alpha value is -2.21. The minimum Gasteiger partial charge on any atom is -0.396 e. The van der Waals surface area contributed by atoms with Crippen molar-refractivity contribution in [1.29, 1.82) is 0 Å². The van der Waals surface area contributed by atoms with E-state index in [1.54, 1.807) is 13.8 Å². The highest BCUT2D eigenvalue weighted by molar-refractivity contribution is 6.06. The Bertz CT molecular complexity index is 726. The number of aromatic amines is 1. The molecule has 112 valence electrons. The molecular formula is C15H17FN2O3. The van der Waals surface area contributed by atoms with Crippen LogP contribution in [0.2, 0.25) is 0 Å². The Labute approximate surface area is 120 Å². The van der Waals surface area contributed by atoms with E-state index in [1.165, 1.54) is 24.3 Å². The molecule has 0 bridgehead atoms. The van der Waals surface area contributed by atoms with E-state index in [0.29, 0.717) is 5.39 Å². The van der Waals surface area contributed by atoms with Crippen molar-refractivity contribution in [2.75, 3.05) is 6.61 Å². The number of benzene rings is 1. The van der Waals surface area contributed by atoms with E-state index >= 15 is 0 Å². The molecule has 2 rings (SSSR count). The number of aromatic nitrogens is 1. The second-order valence-corrected chi connectivity index (χ2v) is 5.16.